The van der Waals surface area contributed by atoms with E-state index in [1.165, 1.54) is 11.3 Å². The Morgan fingerprint density at radius 3 is 2.90 bits per heavy atom. The van der Waals surface area contributed by atoms with Crippen LogP contribution in [-0.4, -0.2) is 47.2 Å². The summed E-state index contributed by atoms with van der Waals surface area (Å²) in [5.41, 5.74) is 0. The summed E-state index contributed by atoms with van der Waals surface area (Å²) in [4.78, 5) is 40.0. The monoisotopic (exact) mass is 296 g/mol. The van der Waals surface area contributed by atoms with Crippen LogP contribution in [0, 0.1) is 0 Å². The standard InChI is InChI=1S/C12H16N4O3S/c17-9-3-1-6-16(9)7-2-4-13-10(18)11(19)15-12-14-5-8-20-12/h5,8H,1-4,6-7H2,(H,13,18)(H,14,15,19). The molecule has 0 spiro atoms. The molecule has 1 fully saturated rings. The lowest BCUT2D eigenvalue weighted by atomic mass is 10.3. The molecule has 20 heavy (non-hydrogen) atoms. The first-order chi connectivity index (χ1) is 9.66. The number of nitrogens with zero attached hydrogens (tertiary/aromatic N) is 2. The zero-order chi connectivity index (χ0) is 14.4. The number of hydrogen-bond donors (Lipinski definition) is 2. The van der Waals surface area contributed by atoms with Gasteiger partial charge in [-0.3, -0.25) is 19.7 Å². The Balaban J connectivity index is 1.62. The molecule has 7 nitrogen and oxygen atoms in total. The van der Waals surface area contributed by atoms with Gasteiger partial charge in [0.05, 0.1) is 0 Å². The Kier molecular flexibility index (Phi) is 5.05. The number of thiazole rings is 1. The van der Waals surface area contributed by atoms with E-state index in [0.717, 1.165) is 13.0 Å². The Bertz CT molecular complexity index is 489. The predicted octanol–water partition coefficient (Wildman–Crippen LogP) is 0.210. The van der Waals surface area contributed by atoms with E-state index >= 15 is 0 Å². The number of carbonyl (C=O) groups excluding carboxylic acids is 3. The van der Waals surface area contributed by atoms with Gasteiger partial charge in [0, 0.05) is 37.6 Å². The lowest BCUT2D eigenvalue weighted by Crippen LogP contribution is -2.37. The van der Waals surface area contributed by atoms with Crippen molar-refractivity contribution in [2.45, 2.75) is 19.3 Å². The van der Waals surface area contributed by atoms with E-state index in [9.17, 15) is 14.4 Å². The Hall–Kier alpha value is -1.96. The van der Waals surface area contributed by atoms with Gasteiger partial charge in [-0.15, -0.1) is 11.3 Å². The lowest BCUT2D eigenvalue weighted by molar-refractivity contribution is -0.136. The number of aromatic nitrogens is 1. The molecule has 8 heteroatoms. The molecule has 0 saturated carbocycles. The van der Waals surface area contributed by atoms with Crippen LogP contribution >= 0.6 is 11.3 Å². The zero-order valence-electron chi connectivity index (χ0n) is 10.9. The van der Waals surface area contributed by atoms with Gasteiger partial charge in [0.2, 0.25) is 5.91 Å². The first-order valence-electron chi connectivity index (χ1n) is 6.43. The first kappa shape index (κ1) is 14.4. The van der Waals surface area contributed by atoms with E-state index in [-0.39, 0.29) is 5.91 Å². The molecule has 1 aromatic rings. The number of rotatable bonds is 5. The van der Waals surface area contributed by atoms with Crippen molar-refractivity contribution in [1.82, 2.24) is 15.2 Å². The highest BCUT2D eigenvalue weighted by atomic mass is 32.1. The van der Waals surface area contributed by atoms with Crippen LogP contribution in [0.3, 0.4) is 0 Å². The van der Waals surface area contributed by atoms with Gasteiger partial charge in [-0.05, 0) is 12.8 Å². The number of carbonyl (C=O) groups is 3. The summed E-state index contributed by atoms with van der Waals surface area (Å²) >= 11 is 1.25. The van der Waals surface area contributed by atoms with Crippen molar-refractivity contribution in [1.29, 1.82) is 0 Å². The smallest absolute Gasteiger partial charge is 0.315 e. The van der Waals surface area contributed by atoms with Crippen LogP contribution in [-0.2, 0) is 14.4 Å². The Labute approximate surface area is 120 Å². The molecule has 0 atom stereocenters. The molecule has 1 aliphatic rings. The van der Waals surface area contributed by atoms with Crippen LogP contribution in [0.5, 0.6) is 0 Å². The van der Waals surface area contributed by atoms with Gasteiger partial charge >= 0.3 is 11.8 Å². The maximum absolute atomic E-state index is 11.5. The van der Waals surface area contributed by atoms with Gasteiger partial charge in [-0.1, -0.05) is 0 Å². The van der Waals surface area contributed by atoms with E-state index in [0.29, 0.717) is 31.1 Å². The molecule has 0 aromatic carbocycles. The highest BCUT2D eigenvalue weighted by Gasteiger charge is 2.19. The topological polar surface area (TPSA) is 91.4 Å². The molecule has 1 aromatic heterocycles. The maximum atomic E-state index is 11.5. The fraction of sp³-hybridized carbons (Fsp3) is 0.500. The molecule has 0 bridgehead atoms. The second-order valence-electron chi connectivity index (χ2n) is 4.39. The fourth-order valence-corrected chi connectivity index (χ4v) is 2.46. The van der Waals surface area contributed by atoms with Crippen molar-refractivity contribution < 1.29 is 14.4 Å². The lowest BCUT2D eigenvalue weighted by Gasteiger charge is -2.15. The average Bonchev–Trinajstić information content (AvgIpc) is 3.06. The van der Waals surface area contributed by atoms with Crippen LogP contribution in [0.25, 0.3) is 0 Å². The van der Waals surface area contributed by atoms with Gasteiger partial charge in [0.15, 0.2) is 5.13 Å². The zero-order valence-corrected chi connectivity index (χ0v) is 11.7. The van der Waals surface area contributed by atoms with Crippen LogP contribution in [0.15, 0.2) is 11.6 Å². The quantitative estimate of drug-likeness (QED) is 0.600. The second kappa shape index (κ2) is 6.99. The number of likely N-dealkylation sites (tertiary alicyclic amines) is 1. The molecule has 108 valence electrons. The van der Waals surface area contributed by atoms with E-state index in [4.69, 9.17) is 0 Å². The number of amides is 3. The van der Waals surface area contributed by atoms with E-state index in [1.807, 2.05) is 0 Å². The summed E-state index contributed by atoms with van der Waals surface area (Å²) in [6, 6.07) is 0. The SMILES string of the molecule is O=C(NCCCN1CCCC1=O)C(=O)Nc1nccs1. The minimum Gasteiger partial charge on any atom is -0.348 e. The van der Waals surface area contributed by atoms with Crippen LogP contribution < -0.4 is 10.6 Å². The maximum Gasteiger partial charge on any atom is 0.315 e. The van der Waals surface area contributed by atoms with Gasteiger partial charge in [-0.2, -0.15) is 0 Å². The third kappa shape index (κ3) is 4.02. The van der Waals surface area contributed by atoms with Crippen molar-refractivity contribution in [3.63, 3.8) is 0 Å². The molecule has 0 unspecified atom stereocenters. The largest absolute Gasteiger partial charge is 0.348 e. The Morgan fingerprint density at radius 2 is 2.25 bits per heavy atom. The van der Waals surface area contributed by atoms with E-state index in [1.54, 1.807) is 16.5 Å². The van der Waals surface area contributed by atoms with Crippen LogP contribution in [0.2, 0.25) is 0 Å². The average molecular weight is 296 g/mol. The summed E-state index contributed by atoms with van der Waals surface area (Å²) in [5.74, 6) is -1.25. The molecule has 1 saturated heterocycles. The molecule has 2 heterocycles. The normalized spacial score (nSPS) is 14.4. The highest BCUT2D eigenvalue weighted by molar-refractivity contribution is 7.13. The van der Waals surface area contributed by atoms with Crippen LogP contribution in [0.4, 0.5) is 5.13 Å². The molecule has 2 rings (SSSR count). The van der Waals surface area contributed by atoms with Gasteiger partial charge in [-0.25, -0.2) is 4.98 Å². The molecule has 0 aliphatic carbocycles. The van der Waals surface area contributed by atoms with E-state index < -0.39 is 11.8 Å². The predicted molar refractivity (Wildman–Crippen MR) is 74.2 cm³/mol. The molecule has 3 amide bonds. The highest BCUT2D eigenvalue weighted by Crippen LogP contribution is 2.10. The number of anilines is 1. The van der Waals surface area contributed by atoms with Gasteiger partial charge < -0.3 is 10.2 Å². The summed E-state index contributed by atoms with van der Waals surface area (Å²) < 4.78 is 0. The minimum atomic E-state index is -0.725. The number of hydrogen-bond acceptors (Lipinski definition) is 5. The fourth-order valence-electron chi connectivity index (χ4n) is 1.93. The van der Waals surface area contributed by atoms with Crippen molar-refractivity contribution in [2.24, 2.45) is 0 Å². The third-order valence-electron chi connectivity index (χ3n) is 2.92. The minimum absolute atomic E-state index is 0.165. The number of nitrogens with one attached hydrogen (secondary N) is 2. The van der Waals surface area contributed by atoms with Gasteiger partial charge in [0.1, 0.15) is 0 Å². The third-order valence-corrected chi connectivity index (χ3v) is 3.61. The summed E-state index contributed by atoms with van der Waals surface area (Å²) in [5, 5.41) is 7.03. The summed E-state index contributed by atoms with van der Waals surface area (Å²) in [7, 11) is 0. The Morgan fingerprint density at radius 1 is 1.40 bits per heavy atom. The molecule has 2 N–H and O–H groups in total. The van der Waals surface area contributed by atoms with Crippen molar-refractivity contribution in [3.05, 3.63) is 11.6 Å². The van der Waals surface area contributed by atoms with Crippen molar-refractivity contribution in [3.8, 4) is 0 Å². The van der Waals surface area contributed by atoms with Crippen molar-refractivity contribution in [2.75, 3.05) is 25.0 Å². The van der Waals surface area contributed by atoms with E-state index in [2.05, 4.69) is 15.6 Å². The van der Waals surface area contributed by atoms with Crippen molar-refractivity contribution >= 4 is 34.2 Å². The molecular weight excluding hydrogens is 280 g/mol. The summed E-state index contributed by atoms with van der Waals surface area (Å²) in [6.45, 7) is 1.78. The molecular formula is C12H16N4O3S. The van der Waals surface area contributed by atoms with Gasteiger partial charge in [0.25, 0.3) is 0 Å². The van der Waals surface area contributed by atoms with Crippen LogP contribution in [0.1, 0.15) is 19.3 Å². The first-order valence-corrected chi connectivity index (χ1v) is 7.31. The second-order valence-corrected chi connectivity index (χ2v) is 5.28. The molecule has 1 aliphatic heterocycles. The molecule has 0 radical (unpaired) electrons. The summed E-state index contributed by atoms with van der Waals surface area (Å²) in [6.07, 6.45) is 3.71.